The molecule has 2 N–H and O–H groups in total. The zero-order valence-corrected chi connectivity index (χ0v) is 12.5. The van der Waals surface area contributed by atoms with Crippen molar-refractivity contribution in [1.29, 1.82) is 0 Å². The van der Waals surface area contributed by atoms with Crippen molar-refractivity contribution in [2.75, 3.05) is 33.7 Å². The minimum atomic E-state index is -0.0120. The Balaban J connectivity index is 0.00000180. The molecule has 2 fully saturated rings. The van der Waals surface area contributed by atoms with Crippen LogP contribution in [0.1, 0.15) is 25.7 Å². The summed E-state index contributed by atoms with van der Waals surface area (Å²) in [6.07, 6.45) is 3.66. The van der Waals surface area contributed by atoms with Crippen LogP contribution in [0.3, 0.4) is 0 Å². The lowest BCUT2D eigenvalue weighted by Gasteiger charge is -2.25. The molecule has 1 saturated heterocycles. The van der Waals surface area contributed by atoms with Gasteiger partial charge in [-0.25, -0.2) is 0 Å². The van der Waals surface area contributed by atoms with E-state index in [0.717, 1.165) is 32.4 Å². The number of nitrogens with zero attached hydrogens (tertiary/aromatic N) is 1. The van der Waals surface area contributed by atoms with E-state index in [2.05, 4.69) is 10.6 Å². The SMILES string of the molecule is CNC(=O)CCN(C)C(=O)C1CC12CCNCC2.Cl. The molecule has 0 radical (unpaired) electrons. The van der Waals surface area contributed by atoms with Gasteiger partial charge >= 0.3 is 0 Å². The van der Waals surface area contributed by atoms with Crippen LogP contribution in [0.5, 0.6) is 0 Å². The Morgan fingerprint density at radius 3 is 2.58 bits per heavy atom. The summed E-state index contributed by atoms with van der Waals surface area (Å²) >= 11 is 0. The summed E-state index contributed by atoms with van der Waals surface area (Å²) in [4.78, 5) is 25.1. The van der Waals surface area contributed by atoms with Crippen molar-refractivity contribution < 1.29 is 9.59 Å². The first-order valence-electron chi connectivity index (χ1n) is 6.75. The third-order valence-electron chi connectivity index (χ3n) is 4.42. The quantitative estimate of drug-likeness (QED) is 0.787. The second kappa shape index (κ2) is 6.57. The summed E-state index contributed by atoms with van der Waals surface area (Å²) in [6.45, 7) is 2.58. The fourth-order valence-corrected chi connectivity index (χ4v) is 2.94. The summed E-state index contributed by atoms with van der Waals surface area (Å²) in [6, 6.07) is 0. The zero-order chi connectivity index (χ0) is 13.2. The molecule has 5 nitrogen and oxygen atoms in total. The minimum Gasteiger partial charge on any atom is -0.359 e. The van der Waals surface area contributed by atoms with Gasteiger partial charge in [-0.15, -0.1) is 12.4 Å². The Morgan fingerprint density at radius 2 is 2.00 bits per heavy atom. The van der Waals surface area contributed by atoms with E-state index >= 15 is 0 Å². The van der Waals surface area contributed by atoms with Gasteiger partial charge in [0.15, 0.2) is 0 Å². The Hall–Kier alpha value is -0.810. The smallest absolute Gasteiger partial charge is 0.226 e. The van der Waals surface area contributed by atoms with Crippen molar-refractivity contribution >= 4 is 24.2 Å². The molecule has 19 heavy (non-hydrogen) atoms. The average Bonchev–Trinajstić information content (AvgIpc) is 3.08. The van der Waals surface area contributed by atoms with Gasteiger partial charge in [-0.1, -0.05) is 0 Å². The van der Waals surface area contributed by atoms with Gasteiger partial charge in [-0.2, -0.15) is 0 Å². The van der Waals surface area contributed by atoms with Crippen molar-refractivity contribution in [3.05, 3.63) is 0 Å². The summed E-state index contributed by atoms with van der Waals surface area (Å²) in [5, 5.41) is 5.91. The van der Waals surface area contributed by atoms with Crippen molar-refractivity contribution in [3.8, 4) is 0 Å². The second-order valence-corrected chi connectivity index (χ2v) is 5.55. The predicted molar refractivity (Wildman–Crippen MR) is 76.2 cm³/mol. The number of hydrogen-bond acceptors (Lipinski definition) is 3. The molecule has 110 valence electrons. The normalized spacial score (nSPS) is 23.4. The van der Waals surface area contributed by atoms with E-state index < -0.39 is 0 Å². The maximum absolute atomic E-state index is 12.3. The maximum atomic E-state index is 12.3. The van der Waals surface area contributed by atoms with Gasteiger partial charge < -0.3 is 15.5 Å². The van der Waals surface area contributed by atoms with Gasteiger partial charge in [-0.3, -0.25) is 9.59 Å². The number of carbonyl (C=O) groups excluding carboxylic acids is 2. The fraction of sp³-hybridized carbons (Fsp3) is 0.846. The number of amides is 2. The summed E-state index contributed by atoms with van der Waals surface area (Å²) in [5.41, 5.74) is 0.281. The van der Waals surface area contributed by atoms with E-state index in [9.17, 15) is 9.59 Å². The molecule has 1 atom stereocenters. The van der Waals surface area contributed by atoms with Crippen LogP contribution in [-0.2, 0) is 9.59 Å². The molecule has 0 aromatic rings. The van der Waals surface area contributed by atoms with Crippen LogP contribution in [0.15, 0.2) is 0 Å². The Morgan fingerprint density at radius 1 is 1.37 bits per heavy atom. The maximum Gasteiger partial charge on any atom is 0.226 e. The van der Waals surface area contributed by atoms with Crippen LogP contribution in [0.2, 0.25) is 0 Å². The zero-order valence-electron chi connectivity index (χ0n) is 11.7. The molecule has 1 saturated carbocycles. The molecule has 2 aliphatic rings. The van der Waals surface area contributed by atoms with Crippen LogP contribution in [0.25, 0.3) is 0 Å². The molecule has 1 unspecified atom stereocenters. The van der Waals surface area contributed by atoms with Crippen LogP contribution in [0, 0.1) is 11.3 Å². The van der Waals surface area contributed by atoms with E-state index in [4.69, 9.17) is 0 Å². The fourth-order valence-electron chi connectivity index (χ4n) is 2.94. The lowest BCUT2D eigenvalue weighted by Crippen LogP contribution is -2.36. The first kappa shape index (κ1) is 16.2. The number of carbonyl (C=O) groups is 2. The van der Waals surface area contributed by atoms with Crippen molar-refractivity contribution in [2.24, 2.45) is 11.3 Å². The first-order chi connectivity index (χ1) is 8.59. The van der Waals surface area contributed by atoms with Crippen molar-refractivity contribution in [1.82, 2.24) is 15.5 Å². The molecule has 2 amide bonds. The van der Waals surface area contributed by atoms with Gasteiger partial charge in [-0.05, 0) is 37.8 Å². The standard InChI is InChI=1S/C13H23N3O2.ClH/c1-14-11(17)3-8-16(2)12(18)10-9-13(10)4-6-15-7-5-13;/h10,15H,3-9H2,1-2H3,(H,14,17);1H. The Bertz CT molecular complexity index is 343. The average molecular weight is 290 g/mol. The van der Waals surface area contributed by atoms with E-state index in [0.29, 0.717) is 13.0 Å². The summed E-state index contributed by atoms with van der Waals surface area (Å²) in [5.74, 6) is 0.414. The van der Waals surface area contributed by atoms with Crippen LogP contribution in [-0.4, -0.2) is 50.4 Å². The van der Waals surface area contributed by atoms with Crippen LogP contribution in [0.4, 0.5) is 0 Å². The van der Waals surface area contributed by atoms with Crippen molar-refractivity contribution in [3.63, 3.8) is 0 Å². The van der Waals surface area contributed by atoms with Crippen molar-refractivity contribution in [2.45, 2.75) is 25.7 Å². The third-order valence-corrected chi connectivity index (χ3v) is 4.42. The molecule has 2 rings (SSSR count). The van der Waals surface area contributed by atoms with Gasteiger partial charge in [0.05, 0.1) is 0 Å². The van der Waals surface area contributed by atoms with Gasteiger partial charge in [0, 0.05) is 33.0 Å². The summed E-state index contributed by atoms with van der Waals surface area (Å²) < 4.78 is 0. The highest BCUT2D eigenvalue weighted by Crippen LogP contribution is 2.59. The molecular formula is C13H24ClN3O2. The largest absolute Gasteiger partial charge is 0.359 e. The molecule has 1 spiro atoms. The molecule has 0 aromatic carbocycles. The Labute approximate surface area is 120 Å². The third kappa shape index (κ3) is 3.60. The highest BCUT2D eigenvalue weighted by molar-refractivity contribution is 5.85. The monoisotopic (exact) mass is 289 g/mol. The Kier molecular flexibility index (Phi) is 5.62. The number of halogens is 1. The van der Waals surface area contributed by atoms with Crippen LogP contribution >= 0.6 is 12.4 Å². The van der Waals surface area contributed by atoms with E-state index in [1.54, 1.807) is 19.0 Å². The van der Waals surface area contributed by atoms with E-state index in [-0.39, 0.29) is 35.6 Å². The van der Waals surface area contributed by atoms with Crippen LogP contribution < -0.4 is 10.6 Å². The van der Waals surface area contributed by atoms with Gasteiger partial charge in [0.2, 0.25) is 11.8 Å². The first-order valence-corrected chi connectivity index (χ1v) is 6.75. The minimum absolute atomic E-state index is 0. The molecule has 1 aliphatic carbocycles. The number of piperidine rings is 1. The summed E-state index contributed by atoms with van der Waals surface area (Å²) in [7, 11) is 3.42. The molecule has 0 bridgehead atoms. The highest BCUT2D eigenvalue weighted by atomic mass is 35.5. The lowest BCUT2D eigenvalue weighted by atomic mass is 9.91. The molecule has 1 aliphatic heterocycles. The van der Waals surface area contributed by atoms with E-state index in [1.807, 2.05) is 0 Å². The molecule has 6 heteroatoms. The predicted octanol–water partition coefficient (Wildman–Crippen LogP) is 0.392. The van der Waals surface area contributed by atoms with E-state index in [1.165, 1.54) is 0 Å². The van der Waals surface area contributed by atoms with Gasteiger partial charge in [0.1, 0.15) is 0 Å². The topological polar surface area (TPSA) is 61.4 Å². The van der Waals surface area contributed by atoms with Gasteiger partial charge in [0.25, 0.3) is 0 Å². The number of rotatable bonds is 4. The molecule has 1 heterocycles. The highest BCUT2D eigenvalue weighted by Gasteiger charge is 2.58. The molecular weight excluding hydrogens is 266 g/mol. The lowest BCUT2D eigenvalue weighted by molar-refractivity contribution is -0.132. The molecule has 0 aromatic heterocycles. The second-order valence-electron chi connectivity index (χ2n) is 5.55. The number of hydrogen-bond donors (Lipinski definition) is 2. The number of nitrogens with one attached hydrogen (secondary N) is 2.